The molecule has 0 unspecified atom stereocenters. The van der Waals surface area contributed by atoms with Gasteiger partial charge in [-0.1, -0.05) is 6.07 Å². The minimum atomic E-state index is -3.46. The van der Waals surface area contributed by atoms with Crippen molar-refractivity contribution in [3.8, 4) is 17.8 Å². The van der Waals surface area contributed by atoms with Crippen LogP contribution in [-0.2, 0) is 31.1 Å². The molecule has 3 N–H and O–H groups in total. The Balaban J connectivity index is 1.60. The van der Waals surface area contributed by atoms with Crippen molar-refractivity contribution in [2.75, 3.05) is 53.4 Å². The van der Waals surface area contributed by atoms with Crippen molar-refractivity contribution in [1.29, 1.82) is 0 Å². The van der Waals surface area contributed by atoms with Gasteiger partial charge in [0.05, 0.1) is 26.4 Å². The van der Waals surface area contributed by atoms with Crippen LogP contribution in [0.3, 0.4) is 0 Å². The summed E-state index contributed by atoms with van der Waals surface area (Å²) < 4.78 is 48.2. The van der Waals surface area contributed by atoms with Crippen LogP contribution in [0.25, 0.3) is 11.2 Å². The van der Waals surface area contributed by atoms with E-state index in [2.05, 4.69) is 15.0 Å². The minimum absolute atomic E-state index is 0.000124. The number of benzene rings is 1. The molecule has 3 heterocycles. The van der Waals surface area contributed by atoms with Crippen LogP contribution in [0.4, 0.5) is 10.6 Å². The van der Waals surface area contributed by atoms with Crippen LogP contribution >= 0.6 is 7.60 Å². The van der Waals surface area contributed by atoms with Crippen LogP contribution in [0.1, 0.15) is 44.7 Å². The van der Waals surface area contributed by atoms with Crippen molar-refractivity contribution < 1.29 is 42.5 Å². The van der Waals surface area contributed by atoms with Gasteiger partial charge in [0.15, 0.2) is 17.0 Å². The van der Waals surface area contributed by atoms with Crippen LogP contribution < -0.4 is 19.9 Å². The van der Waals surface area contributed by atoms with Crippen molar-refractivity contribution in [3.63, 3.8) is 0 Å². The Hall–Kier alpha value is -3.65. The lowest BCUT2D eigenvalue weighted by Crippen LogP contribution is -2.44. The highest BCUT2D eigenvalue weighted by Gasteiger charge is 2.30. The Kier molecular flexibility index (Phi) is 10.6. The van der Waals surface area contributed by atoms with E-state index in [-0.39, 0.29) is 56.0 Å². The molecule has 0 spiro atoms. The lowest BCUT2D eigenvalue weighted by atomic mass is 10.1. The number of aliphatic hydroxyl groups excluding tert-OH is 1. The molecular formula is C28H41N6O9P. The summed E-state index contributed by atoms with van der Waals surface area (Å²) in [6.45, 7) is 6.53. The number of hydrogen-bond donors (Lipinski definition) is 2. The molecule has 4 rings (SSSR count). The first-order valence-corrected chi connectivity index (χ1v) is 15.9. The predicted octanol–water partition coefficient (Wildman–Crippen LogP) is 3.60. The Morgan fingerprint density at radius 2 is 1.82 bits per heavy atom. The van der Waals surface area contributed by atoms with Crippen LogP contribution in [0.15, 0.2) is 18.2 Å². The summed E-state index contributed by atoms with van der Waals surface area (Å²) in [4.78, 5) is 27.1. The highest BCUT2D eigenvalue weighted by molar-refractivity contribution is 7.52. The van der Waals surface area contributed by atoms with Gasteiger partial charge >= 0.3 is 19.7 Å². The van der Waals surface area contributed by atoms with Crippen LogP contribution in [0, 0.1) is 0 Å². The molecule has 0 aliphatic carbocycles. The van der Waals surface area contributed by atoms with Crippen LogP contribution in [0.5, 0.6) is 17.8 Å². The third kappa shape index (κ3) is 8.08. The SMILES string of the molecule is COc1nc2c(N)nc(OCCO)nc2n1Cc1ccc(OC2CCN(C(=O)OC(C)(C)C)CC2)c(CP(=O)(OC)OC)c1. The van der Waals surface area contributed by atoms with Gasteiger partial charge in [0.1, 0.15) is 24.1 Å². The number of hydrogen-bond acceptors (Lipinski definition) is 13. The summed E-state index contributed by atoms with van der Waals surface area (Å²) in [5.74, 6) is 0.635. The summed E-state index contributed by atoms with van der Waals surface area (Å²) in [6, 6.07) is 5.78. The van der Waals surface area contributed by atoms with E-state index >= 15 is 0 Å². The van der Waals surface area contributed by atoms with Crippen molar-refractivity contribution in [2.24, 2.45) is 0 Å². The maximum absolute atomic E-state index is 13.2. The number of imidazole rings is 1. The molecule has 0 radical (unpaired) electrons. The van der Waals surface area contributed by atoms with Crippen molar-refractivity contribution >= 4 is 30.7 Å². The molecule has 2 aromatic heterocycles. The van der Waals surface area contributed by atoms with Gasteiger partial charge in [0, 0.05) is 45.7 Å². The van der Waals surface area contributed by atoms with Gasteiger partial charge in [0.2, 0.25) is 0 Å². The number of nitrogens with two attached hydrogens (primary N) is 1. The number of aromatic nitrogens is 4. The molecule has 242 valence electrons. The molecule has 1 saturated heterocycles. The fourth-order valence-corrected chi connectivity index (χ4v) is 5.78. The average molecular weight is 637 g/mol. The summed E-state index contributed by atoms with van der Waals surface area (Å²) in [6.07, 6.45) is 0.663. The number of amides is 1. The van der Waals surface area contributed by atoms with Gasteiger partial charge in [-0.3, -0.25) is 9.13 Å². The van der Waals surface area contributed by atoms with E-state index in [1.807, 2.05) is 39.0 Å². The van der Waals surface area contributed by atoms with Gasteiger partial charge in [-0.25, -0.2) is 4.79 Å². The first kappa shape index (κ1) is 33.2. The number of nitrogen functional groups attached to an aromatic ring is 1. The number of carbonyl (C=O) groups is 1. The first-order chi connectivity index (χ1) is 20.9. The summed E-state index contributed by atoms with van der Waals surface area (Å²) in [7, 11) is 0.693. The average Bonchev–Trinajstić information content (AvgIpc) is 3.34. The van der Waals surface area contributed by atoms with E-state index in [1.54, 1.807) is 9.47 Å². The summed E-state index contributed by atoms with van der Waals surface area (Å²) in [5, 5.41) is 9.12. The van der Waals surface area contributed by atoms with E-state index in [9.17, 15) is 9.36 Å². The summed E-state index contributed by atoms with van der Waals surface area (Å²) >= 11 is 0. The molecular weight excluding hydrogens is 595 g/mol. The fraction of sp³-hybridized carbons (Fsp3) is 0.571. The van der Waals surface area contributed by atoms with E-state index < -0.39 is 13.2 Å². The van der Waals surface area contributed by atoms with Crippen molar-refractivity contribution in [1.82, 2.24) is 24.4 Å². The largest absolute Gasteiger partial charge is 0.490 e. The fourth-order valence-electron chi connectivity index (χ4n) is 4.71. The number of piperidine rings is 1. The molecule has 1 amide bonds. The number of fused-ring (bicyclic) bond motifs is 1. The molecule has 0 atom stereocenters. The lowest BCUT2D eigenvalue weighted by molar-refractivity contribution is 0.0125. The molecule has 0 bridgehead atoms. The smallest absolute Gasteiger partial charge is 0.410 e. The highest BCUT2D eigenvalue weighted by atomic mass is 31.2. The van der Waals surface area contributed by atoms with Crippen LogP contribution in [0.2, 0.25) is 0 Å². The topological polar surface area (TPSA) is 183 Å². The number of carbonyl (C=O) groups excluding carboxylic acids is 1. The van der Waals surface area contributed by atoms with E-state index in [0.717, 1.165) is 5.56 Å². The van der Waals surface area contributed by atoms with Gasteiger partial charge in [-0.2, -0.15) is 15.0 Å². The van der Waals surface area contributed by atoms with Gasteiger partial charge < -0.3 is 43.7 Å². The number of anilines is 1. The number of methoxy groups -OCH3 is 1. The van der Waals surface area contributed by atoms with Gasteiger partial charge in [-0.15, -0.1) is 0 Å². The second-order valence-corrected chi connectivity index (χ2v) is 13.4. The van der Waals surface area contributed by atoms with Gasteiger partial charge in [-0.05, 0) is 38.5 Å². The molecule has 15 nitrogen and oxygen atoms in total. The second-order valence-electron chi connectivity index (χ2n) is 11.2. The van der Waals surface area contributed by atoms with Gasteiger partial charge in [0.25, 0.3) is 6.01 Å². The number of aliphatic hydroxyl groups is 1. The van der Waals surface area contributed by atoms with Crippen molar-refractivity contribution in [2.45, 2.75) is 58.0 Å². The molecule has 44 heavy (non-hydrogen) atoms. The number of rotatable bonds is 12. The lowest BCUT2D eigenvalue weighted by Gasteiger charge is -2.34. The number of nitrogens with zero attached hydrogens (tertiary/aromatic N) is 5. The normalized spacial score (nSPS) is 14.6. The third-order valence-electron chi connectivity index (χ3n) is 6.84. The first-order valence-electron chi connectivity index (χ1n) is 14.2. The summed E-state index contributed by atoms with van der Waals surface area (Å²) in [5.41, 5.74) is 7.66. The molecule has 1 fully saturated rings. The standard InChI is InChI=1S/C28H41N6O9P/c1-28(2,3)43-27(36)33-11-9-20(10-12-33)42-21-8-7-18(15-19(21)17-44(37,39-5)40-6)16-34-24-22(30-26(34)38-4)23(29)31-25(32-24)41-14-13-35/h7-8,15,20,35H,9-14,16-17H2,1-6H3,(H2,29,31,32). The minimum Gasteiger partial charge on any atom is -0.490 e. The third-order valence-corrected chi connectivity index (χ3v) is 8.69. The Bertz CT molecular complexity index is 1490. The zero-order chi connectivity index (χ0) is 32.1. The van der Waals surface area contributed by atoms with Crippen LogP contribution in [-0.4, -0.2) is 95.0 Å². The molecule has 0 saturated carbocycles. The highest BCUT2D eigenvalue weighted by Crippen LogP contribution is 2.51. The Morgan fingerprint density at radius 1 is 1.11 bits per heavy atom. The zero-order valence-electron chi connectivity index (χ0n) is 25.9. The maximum Gasteiger partial charge on any atom is 0.410 e. The predicted molar refractivity (Wildman–Crippen MR) is 161 cm³/mol. The number of likely N-dealkylation sites (tertiary alicyclic amines) is 1. The van der Waals surface area contributed by atoms with Crippen molar-refractivity contribution in [3.05, 3.63) is 29.3 Å². The molecule has 16 heteroatoms. The Morgan fingerprint density at radius 3 is 2.43 bits per heavy atom. The molecule has 3 aromatic rings. The second kappa shape index (κ2) is 14.0. The maximum atomic E-state index is 13.2. The van der Waals surface area contributed by atoms with E-state index in [0.29, 0.717) is 48.4 Å². The monoisotopic (exact) mass is 636 g/mol. The molecule has 1 aromatic carbocycles. The number of ether oxygens (including phenoxy) is 4. The Labute approximate surface area is 256 Å². The van der Waals surface area contributed by atoms with E-state index in [1.165, 1.54) is 21.3 Å². The molecule has 1 aliphatic heterocycles. The molecule has 1 aliphatic rings. The quantitative estimate of drug-likeness (QED) is 0.275. The van der Waals surface area contributed by atoms with E-state index in [4.69, 9.17) is 38.8 Å². The zero-order valence-corrected chi connectivity index (χ0v) is 26.8.